The molecule has 0 N–H and O–H groups in total. The lowest BCUT2D eigenvalue weighted by atomic mass is 10.0. The first-order valence-corrected chi connectivity index (χ1v) is 17.4. The second-order valence-electron chi connectivity index (χ2n) is 12.3. The van der Waals surface area contributed by atoms with Gasteiger partial charge in [-0.15, -0.1) is 0 Å². The molecule has 0 saturated carbocycles. The minimum atomic E-state index is 0.854. The molecule has 4 aliphatic heterocycles. The molecule has 232 valence electrons. The standard InChI is InChI=1S/C18H27ClN2.C16H23BrN2O2/c19-18-8-7-16(14-20-9-3-1-4-10-20)17(13-18)15-21-11-5-2-6-12-21;17-16-2-1-14(12-18-3-7-20-8-4-18)15(11-16)13-19-5-9-21-10-6-19/h7-8,13H,1-6,9-12,14-15H2;1-2,11H,3-10,12-13H2. The van der Waals surface area contributed by atoms with Gasteiger partial charge in [0.2, 0.25) is 0 Å². The molecule has 4 saturated heterocycles. The Labute approximate surface area is 267 Å². The van der Waals surface area contributed by atoms with E-state index in [2.05, 4.69) is 71.9 Å². The molecule has 0 unspecified atom stereocenters. The second kappa shape index (κ2) is 17.5. The molecule has 0 aliphatic carbocycles. The average molecular weight is 662 g/mol. The molecule has 0 aromatic heterocycles. The number of ether oxygens (including phenoxy) is 2. The summed E-state index contributed by atoms with van der Waals surface area (Å²) in [7, 11) is 0. The van der Waals surface area contributed by atoms with Crippen molar-refractivity contribution >= 4 is 27.5 Å². The molecular weight excluding hydrogens is 612 g/mol. The van der Waals surface area contributed by atoms with E-state index < -0.39 is 0 Å². The third-order valence-electron chi connectivity index (χ3n) is 9.02. The van der Waals surface area contributed by atoms with Crippen LogP contribution in [0.1, 0.15) is 60.8 Å². The quantitative estimate of drug-likeness (QED) is 0.325. The highest BCUT2D eigenvalue weighted by Gasteiger charge is 2.18. The molecule has 4 fully saturated rings. The molecule has 0 amide bonds. The second-order valence-corrected chi connectivity index (χ2v) is 13.6. The van der Waals surface area contributed by atoms with Crippen molar-refractivity contribution in [3.8, 4) is 0 Å². The molecule has 4 heterocycles. The van der Waals surface area contributed by atoms with Gasteiger partial charge in [0.1, 0.15) is 0 Å². The van der Waals surface area contributed by atoms with Crippen molar-refractivity contribution in [1.29, 1.82) is 0 Å². The van der Waals surface area contributed by atoms with E-state index in [-0.39, 0.29) is 0 Å². The molecule has 2 aromatic carbocycles. The fourth-order valence-corrected chi connectivity index (χ4v) is 7.11. The number of nitrogens with zero attached hydrogens (tertiary/aromatic N) is 4. The number of hydrogen-bond acceptors (Lipinski definition) is 6. The van der Waals surface area contributed by atoms with E-state index in [1.165, 1.54) is 87.0 Å². The highest BCUT2D eigenvalue weighted by Crippen LogP contribution is 2.23. The fraction of sp³-hybridized carbons (Fsp3) is 0.647. The third kappa shape index (κ3) is 10.6. The molecular formula is C34H50BrClN4O2. The lowest BCUT2D eigenvalue weighted by Crippen LogP contribution is -2.37. The Balaban J connectivity index is 0.000000168. The van der Waals surface area contributed by atoms with Crippen LogP contribution in [0.3, 0.4) is 0 Å². The summed E-state index contributed by atoms with van der Waals surface area (Å²) >= 11 is 9.85. The molecule has 0 spiro atoms. The van der Waals surface area contributed by atoms with Crippen molar-refractivity contribution < 1.29 is 9.47 Å². The third-order valence-corrected chi connectivity index (χ3v) is 9.75. The maximum atomic E-state index is 6.25. The number of halogens is 2. The normalized spacial score (nSPS) is 21.6. The minimum Gasteiger partial charge on any atom is -0.379 e. The number of benzene rings is 2. The van der Waals surface area contributed by atoms with E-state index in [1.54, 1.807) is 0 Å². The Morgan fingerprint density at radius 2 is 0.905 bits per heavy atom. The summed E-state index contributed by atoms with van der Waals surface area (Å²) in [4.78, 5) is 10.2. The maximum absolute atomic E-state index is 6.25. The molecule has 0 atom stereocenters. The zero-order chi connectivity index (χ0) is 29.0. The zero-order valence-electron chi connectivity index (χ0n) is 25.4. The zero-order valence-corrected chi connectivity index (χ0v) is 27.7. The maximum Gasteiger partial charge on any atom is 0.0594 e. The van der Waals surface area contributed by atoms with Gasteiger partial charge >= 0.3 is 0 Å². The Morgan fingerprint density at radius 3 is 1.40 bits per heavy atom. The van der Waals surface area contributed by atoms with Crippen LogP contribution < -0.4 is 0 Å². The lowest BCUT2D eigenvalue weighted by Gasteiger charge is -2.30. The molecule has 6 rings (SSSR count). The van der Waals surface area contributed by atoms with Crippen molar-refractivity contribution in [2.24, 2.45) is 0 Å². The van der Waals surface area contributed by atoms with E-state index in [1.807, 2.05) is 0 Å². The van der Waals surface area contributed by atoms with Crippen LogP contribution in [0.25, 0.3) is 0 Å². The largest absolute Gasteiger partial charge is 0.379 e. The number of morpholine rings is 2. The summed E-state index contributed by atoms with van der Waals surface area (Å²) in [5.41, 5.74) is 5.78. The fourth-order valence-electron chi connectivity index (χ4n) is 6.51. The van der Waals surface area contributed by atoms with Gasteiger partial charge in [-0.3, -0.25) is 19.6 Å². The van der Waals surface area contributed by atoms with Crippen LogP contribution in [0.2, 0.25) is 5.02 Å². The topological polar surface area (TPSA) is 31.4 Å². The van der Waals surface area contributed by atoms with Crippen LogP contribution in [0.4, 0.5) is 0 Å². The van der Waals surface area contributed by atoms with Crippen LogP contribution in [0.5, 0.6) is 0 Å². The number of likely N-dealkylation sites (tertiary alicyclic amines) is 2. The van der Waals surface area contributed by atoms with E-state index in [0.29, 0.717) is 0 Å². The van der Waals surface area contributed by atoms with Gasteiger partial charge in [0.15, 0.2) is 0 Å². The van der Waals surface area contributed by atoms with Gasteiger partial charge in [-0.05, 0) is 98.4 Å². The van der Waals surface area contributed by atoms with Crippen LogP contribution in [-0.4, -0.2) is 98.4 Å². The predicted molar refractivity (Wildman–Crippen MR) is 176 cm³/mol. The molecule has 0 radical (unpaired) electrons. The Kier molecular flexibility index (Phi) is 13.5. The molecule has 6 nitrogen and oxygen atoms in total. The summed E-state index contributed by atoms with van der Waals surface area (Å²) in [6.45, 7) is 16.8. The summed E-state index contributed by atoms with van der Waals surface area (Å²) in [5, 5.41) is 0.879. The molecule has 42 heavy (non-hydrogen) atoms. The van der Waals surface area contributed by atoms with Gasteiger partial charge in [-0.1, -0.05) is 52.5 Å². The van der Waals surface area contributed by atoms with Crippen molar-refractivity contribution in [1.82, 2.24) is 19.6 Å². The average Bonchev–Trinajstić information content (AvgIpc) is 3.02. The van der Waals surface area contributed by atoms with Gasteiger partial charge in [-0.25, -0.2) is 0 Å². The van der Waals surface area contributed by atoms with Crippen LogP contribution in [-0.2, 0) is 35.7 Å². The van der Waals surface area contributed by atoms with Crippen LogP contribution >= 0.6 is 27.5 Å². The first kappa shape index (κ1) is 32.4. The first-order chi connectivity index (χ1) is 20.6. The molecule has 0 bridgehead atoms. The Morgan fingerprint density at radius 1 is 0.500 bits per heavy atom. The number of piperidine rings is 2. The first-order valence-electron chi connectivity index (χ1n) is 16.2. The monoisotopic (exact) mass is 660 g/mol. The Bertz CT molecular complexity index is 996. The van der Waals surface area contributed by atoms with Gasteiger partial charge in [-0.2, -0.15) is 0 Å². The number of hydrogen-bond donors (Lipinski definition) is 0. The van der Waals surface area contributed by atoms with E-state index in [4.69, 9.17) is 21.1 Å². The van der Waals surface area contributed by atoms with E-state index >= 15 is 0 Å². The van der Waals surface area contributed by atoms with Crippen molar-refractivity contribution in [2.45, 2.75) is 64.7 Å². The van der Waals surface area contributed by atoms with Crippen LogP contribution in [0, 0.1) is 0 Å². The van der Waals surface area contributed by atoms with E-state index in [0.717, 1.165) is 88.3 Å². The van der Waals surface area contributed by atoms with Crippen molar-refractivity contribution in [3.63, 3.8) is 0 Å². The van der Waals surface area contributed by atoms with Crippen molar-refractivity contribution in [2.75, 3.05) is 78.8 Å². The molecule has 2 aromatic rings. The minimum absolute atomic E-state index is 0.854. The highest BCUT2D eigenvalue weighted by molar-refractivity contribution is 9.10. The number of rotatable bonds is 8. The highest BCUT2D eigenvalue weighted by atomic mass is 79.9. The lowest BCUT2D eigenvalue weighted by molar-refractivity contribution is 0.0309. The summed E-state index contributed by atoms with van der Waals surface area (Å²) in [6, 6.07) is 13.2. The van der Waals surface area contributed by atoms with Gasteiger partial charge < -0.3 is 9.47 Å². The summed E-state index contributed by atoms with van der Waals surface area (Å²) in [6.07, 6.45) is 8.21. The van der Waals surface area contributed by atoms with Gasteiger partial charge in [0.25, 0.3) is 0 Å². The van der Waals surface area contributed by atoms with Gasteiger partial charge in [0.05, 0.1) is 26.4 Å². The van der Waals surface area contributed by atoms with E-state index in [9.17, 15) is 0 Å². The summed E-state index contributed by atoms with van der Waals surface area (Å²) in [5.74, 6) is 0. The molecule has 4 aliphatic rings. The summed E-state index contributed by atoms with van der Waals surface area (Å²) < 4.78 is 12.0. The van der Waals surface area contributed by atoms with Crippen molar-refractivity contribution in [3.05, 3.63) is 68.1 Å². The molecule has 8 heteroatoms. The smallest absolute Gasteiger partial charge is 0.0594 e. The Hall–Kier alpha value is -1.03. The van der Waals surface area contributed by atoms with Gasteiger partial charge in [0, 0.05) is 61.9 Å². The predicted octanol–water partition coefficient (Wildman–Crippen LogP) is 6.43. The SMILES string of the molecule is Brc1ccc(CN2CCOCC2)c(CN2CCOCC2)c1.Clc1ccc(CN2CCCCC2)c(CN2CCCCC2)c1. The van der Waals surface area contributed by atoms with Crippen LogP contribution in [0.15, 0.2) is 40.9 Å².